The lowest BCUT2D eigenvalue weighted by Gasteiger charge is -2.10. The van der Waals surface area contributed by atoms with Crippen molar-refractivity contribution in [3.8, 4) is 28.6 Å². The van der Waals surface area contributed by atoms with Gasteiger partial charge < -0.3 is 19.2 Å². The van der Waals surface area contributed by atoms with Crippen LogP contribution in [0.25, 0.3) is 17.1 Å². The van der Waals surface area contributed by atoms with Crippen molar-refractivity contribution >= 4 is 17.7 Å². The van der Waals surface area contributed by atoms with Crippen LogP contribution in [0.5, 0.6) is 11.5 Å². The van der Waals surface area contributed by atoms with Gasteiger partial charge in [0.05, 0.1) is 30.7 Å². The molecule has 2 aromatic heterocycles. The Kier molecular flexibility index (Phi) is 7.87. The molecule has 9 heteroatoms. The van der Waals surface area contributed by atoms with Gasteiger partial charge in [-0.2, -0.15) is 0 Å². The summed E-state index contributed by atoms with van der Waals surface area (Å²) < 4.78 is 18.5. The number of amides is 1. The third-order valence-corrected chi connectivity index (χ3v) is 5.84. The van der Waals surface area contributed by atoms with Crippen molar-refractivity contribution in [2.75, 3.05) is 25.5 Å². The first-order valence-electron chi connectivity index (χ1n) is 11.0. The molecule has 0 aliphatic carbocycles. The minimum atomic E-state index is -0.107. The maximum Gasteiger partial charge on any atom is 0.230 e. The number of nitrogens with one attached hydrogen (secondary N) is 1. The van der Waals surface area contributed by atoms with E-state index in [9.17, 15) is 4.79 Å². The molecule has 2 aromatic carbocycles. The summed E-state index contributed by atoms with van der Waals surface area (Å²) in [4.78, 5) is 12.4. The molecular weight excluding hydrogens is 452 g/mol. The molecule has 2 heterocycles. The van der Waals surface area contributed by atoms with Crippen LogP contribution in [-0.4, -0.2) is 46.2 Å². The van der Waals surface area contributed by atoms with E-state index in [-0.39, 0.29) is 11.7 Å². The first kappa shape index (κ1) is 23.4. The molecular formula is C25H26N4O4S. The smallest absolute Gasteiger partial charge is 0.230 e. The maximum absolute atomic E-state index is 12.4. The Hall–Kier alpha value is -3.72. The first-order valence-corrected chi connectivity index (χ1v) is 11.9. The Morgan fingerprint density at radius 3 is 2.44 bits per heavy atom. The molecule has 0 saturated heterocycles. The van der Waals surface area contributed by atoms with Crippen molar-refractivity contribution in [2.45, 2.75) is 19.0 Å². The van der Waals surface area contributed by atoms with Crippen molar-refractivity contribution in [1.82, 2.24) is 20.1 Å². The quantitative estimate of drug-likeness (QED) is 0.250. The van der Waals surface area contributed by atoms with Gasteiger partial charge in [-0.15, -0.1) is 10.2 Å². The molecule has 4 aromatic rings. The van der Waals surface area contributed by atoms with E-state index in [1.54, 1.807) is 6.26 Å². The highest BCUT2D eigenvalue weighted by Gasteiger charge is 2.19. The summed E-state index contributed by atoms with van der Waals surface area (Å²) in [5.74, 6) is 3.05. The number of hydrogen-bond donors (Lipinski definition) is 1. The number of carbonyl (C=O) groups is 1. The van der Waals surface area contributed by atoms with E-state index >= 15 is 0 Å². The van der Waals surface area contributed by atoms with Gasteiger partial charge in [0.15, 0.2) is 11.0 Å². The minimum Gasteiger partial charge on any atom is -0.494 e. The first-order chi connectivity index (χ1) is 16.7. The highest BCUT2D eigenvalue weighted by Crippen LogP contribution is 2.30. The van der Waals surface area contributed by atoms with E-state index in [0.29, 0.717) is 30.7 Å². The van der Waals surface area contributed by atoms with Gasteiger partial charge in [0.2, 0.25) is 5.91 Å². The number of hydrogen-bond acceptors (Lipinski definition) is 7. The molecule has 4 rings (SSSR count). The number of para-hydroxylation sites is 1. The van der Waals surface area contributed by atoms with Crippen LogP contribution >= 0.6 is 11.8 Å². The number of carbonyl (C=O) groups excluding carboxylic acids is 1. The zero-order valence-electron chi connectivity index (χ0n) is 19.1. The molecule has 8 nitrogen and oxygen atoms in total. The molecule has 1 N–H and O–H groups in total. The lowest BCUT2D eigenvalue weighted by atomic mass is 10.2. The summed E-state index contributed by atoms with van der Waals surface area (Å²) in [5, 5.41) is 12.2. The average Bonchev–Trinajstić information content (AvgIpc) is 3.48. The van der Waals surface area contributed by atoms with E-state index < -0.39 is 0 Å². The zero-order valence-corrected chi connectivity index (χ0v) is 19.9. The topological polar surface area (TPSA) is 91.4 Å². The van der Waals surface area contributed by atoms with E-state index in [4.69, 9.17) is 13.9 Å². The van der Waals surface area contributed by atoms with Gasteiger partial charge in [-0.3, -0.25) is 9.36 Å². The third-order valence-electron chi connectivity index (χ3n) is 4.91. The molecule has 1 amide bonds. The predicted molar refractivity (Wildman–Crippen MR) is 131 cm³/mol. The molecule has 0 atom stereocenters. The molecule has 0 radical (unpaired) electrons. The van der Waals surface area contributed by atoms with Crippen molar-refractivity contribution < 1.29 is 18.7 Å². The Morgan fingerprint density at radius 1 is 1.03 bits per heavy atom. The van der Waals surface area contributed by atoms with Crippen LogP contribution in [-0.2, 0) is 4.79 Å². The van der Waals surface area contributed by atoms with Crippen LogP contribution in [0.1, 0.15) is 12.7 Å². The number of benzene rings is 2. The highest BCUT2D eigenvalue weighted by atomic mass is 32.2. The summed E-state index contributed by atoms with van der Waals surface area (Å²) in [6, 6.07) is 19.1. The maximum atomic E-state index is 12.4. The van der Waals surface area contributed by atoms with Gasteiger partial charge in [-0.25, -0.2) is 0 Å². The minimum absolute atomic E-state index is 0.107. The van der Waals surface area contributed by atoms with Crippen molar-refractivity contribution in [3.63, 3.8) is 0 Å². The number of thioether (sulfide) groups is 1. The van der Waals surface area contributed by atoms with Crippen LogP contribution in [0.15, 0.2) is 76.5 Å². The van der Waals surface area contributed by atoms with Crippen LogP contribution in [0.3, 0.4) is 0 Å². The van der Waals surface area contributed by atoms with Crippen LogP contribution < -0.4 is 14.8 Å². The SMILES string of the molecule is CCOc1ccc(OCCNC(=O)CSc2nnc(-c3ccoc3C)n2-c2ccccc2)cc1. The molecule has 0 aliphatic rings. The normalized spacial score (nSPS) is 10.8. The molecule has 176 valence electrons. The Bertz CT molecular complexity index is 1210. The molecule has 0 spiro atoms. The molecule has 0 fully saturated rings. The predicted octanol–water partition coefficient (Wildman–Crippen LogP) is 4.52. The van der Waals surface area contributed by atoms with Gasteiger partial charge in [-0.1, -0.05) is 30.0 Å². The molecule has 34 heavy (non-hydrogen) atoms. The molecule has 0 unspecified atom stereocenters. The van der Waals surface area contributed by atoms with E-state index in [1.807, 2.05) is 79.1 Å². The summed E-state index contributed by atoms with van der Waals surface area (Å²) in [6.45, 7) is 5.22. The second-order valence-electron chi connectivity index (χ2n) is 7.26. The van der Waals surface area contributed by atoms with Gasteiger partial charge in [0, 0.05) is 5.69 Å². The fourth-order valence-corrected chi connectivity index (χ4v) is 4.09. The van der Waals surface area contributed by atoms with Crippen molar-refractivity contribution in [3.05, 3.63) is 72.7 Å². The Morgan fingerprint density at radius 2 is 1.76 bits per heavy atom. The van der Waals surface area contributed by atoms with Gasteiger partial charge >= 0.3 is 0 Å². The third kappa shape index (κ3) is 5.79. The number of furan rings is 1. The fraction of sp³-hybridized carbons (Fsp3) is 0.240. The summed E-state index contributed by atoms with van der Waals surface area (Å²) in [5.41, 5.74) is 1.77. The standard InChI is InChI=1S/C25H26N4O4S/c1-3-31-20-9-11-21(12-10-20)33-16-14-26-23(30)17-34-25-28-27-24(22-13-15-32-18(22)2)29(25)19-7-5-4-6-8-19/h4-13,15H,3,14,16-17H2,1-2H3,(H,26,30). The average molecular weight is 479 g/mol. The second kappa shape index (κ2) is 11.4. The number of rotatable bonds is 11. The number of ether oxygens (including phenoxy) is 2. The molecule has 0 saturated carbocycles. The molecule has 0 aliphatic heterocycles. The summed E-state index contributed by atoms with van der Waals surface area (Å²) in [7, 11) is 0. The van der Waals surface area contributed by atoms with E-state index in [1.165, 1.54) is 11.8 Å². The van der Waals surface area contributed by atoms with Crippen LogP contribution in [0.4, 0.5) is 0 Å². The highest BCUT2D eigenvalue weighted by molar-refractivity contribution is 7.99. The monoisotopic (exact) mass is 478 g/mol. The summed E-state index contributed by atoms with van der Waals surface area (Å²) >= 11 is 1.33. The van der Waals surface area contributed by atoms with E-state index in [2.05, 4.69) is 15.5 Å². The lowest BCUT2D eigenvalue weighted by Crippen LogP contribution is -2.29. The number of aromatic nitrogens is 3. The van der Waals surface area contributed by atoms with Crippen LogP contribution in [0, 0.1) is 6.92 Å². The number of aryl methyl sites for hydroxylation is 1. The van der Waals surface area contributed by atoms with Crippen molar-refractivity contribution in [2.24, 2.45) is 0 Å². The van der Waals surface area contributed by atoms with Gasteiger partial charge in [0.25, 0.3) is 0 Å². The zero-order chi connectivity index (χ0) is 23.8. The summed E-state index contributed by atoms with van der Waals surface area (Å²) in [6.07, 6.45) is 1.63. The fourth-order valence-electron chi connectivity index (χ4n) is 3.30. The second-order valence-corrected chi connectivity index (χ2v) is 8.20. The van der Waals surface area contributed by atoms with Crippen molar-refractivity contribution in [1.29, 1.82) is 0 Å². The largest absolute Gasteiger partial charge is 0.494 e. The lowest BCUT2D eigenvalue weighted by molar-refractivity contribution is -0.118. The Labute approximate surface area is 202 Å². The van der Waals surface area contributed by atoms with Gasteiger partial charge in [-0.05, 0) is 56.3 Å². The molecule has 0 bridgehead atoms. The van der Waals surface area contributed by atoms with Crippen LogP contribution in [0.2, 0.25) is 0 Å². The Balaban J connectivity index is 1.33. The van der Waals surface area contributed by atoms with E-state index in [0.717, 1.165) is 28.5 Å². The number of nitrogens with zero attached hydrogens (tertiary/aromatic N) is 3. The van der Waals surface area contributed by atoms with Gasteiger partial charge in [0.1, 0.15) is 23.9 Å².